The SMILES string of the molecule is C=C(Br)CNC(=O)c1ccn(-c2ccc([N+](=O)[O-])cc2)n1. The molecule has 2 rings (SSSR count). The quantitative estimate of drug-likeness (QED) is 0.662. The zero-order valence-corrected chi connectivity index (χ0v) is 12.4. The summed E-state index contributed by atoms with van der Waals surface area (Å²) in [5.41, 5.74) is 0.881. The van der Waals surface area contributed by atoms with Gasteiger partial charge in [-0.1, -0.05) is 22.5 Å². The Morgan fingerprint density at radius 3 is 2.62 bits per heavy atom. The third-order valence-corrected chi connectivity index (χ3v) is 2.87. The summed E-state index contributed by atoms with van der Waals surface area (Å²) in [4.78, 5) is 21.9. The predicted molar refractivity (Wildman–Crippen MR) is 80.6 cm³/mol. The lowest BCUT2D eigenvalue weighted by molar-refractivity contribution is -0.384. The molecule has 0 unspecified atom stereocenters. The third-order valence-electron chi connectivity index (χ3n) is 2.59. The number of nitrogens with zero attached hydrogens (tertiary/aromatic N) is 3. The highest BCUT2D eigenvalue weighted by Crippen LogP contribution is 2.14. The molecule has 21 heavy (non-hydrogen) atoms. The van der Waals surface area contributed by atoms with Gasteiger partial charge in [-0.2, -0.15) is 5.10 Å². The molecule has 108 valence electrons. The number of nitro benzene ring substituents is 1. The monoisotopic (exact) mass is 350 g/mol. The van der Waals surface area contributed by atoms with Crippen LogP contribution in [0, 0.1) is 10.1 Å². The Kier molecular flexibility index (Phi) is 4.49. The number of hydrogen-bond donors (Lipinski definition) is 1. The number of non-ortho nitro benzene ring substituents is 1. The summed E-state index contributed by atoms with van der Waals surface area (Å²) in [6, 6.07) is 7.45. The van der Waals surface area contributed by atoms with Crippen LogP contribution in [0.5, 0.6) is 0 Å². The first kappa shape index (κ1) is 14.9. The molecule has 1 aromatic heterocycles. The fourth-order valence-electron chi connectivity index (χ4n) is 1.58. The van der Waals surface area contributed by atoms with Gasteiger partial charge in [0.15, 0.2) is 5.69 Å². The Labute approximate surface area is 128 Å². The van der Waals surface area contributed by atoms with Crippen LogP contribution in [0.15, 0.2) is 47.6 Å². The maximum Gasteiger partial charge on any atom is 0.272 e. The minimum absolute atomic E-state index is 0.000272. The molecule has 0 spiro atoms. The predicted octanol–water partition coefficient (Wildman–Crippen LogP) is 2.42. The van der Waals surface area contributed by atoms with Crippen LogP contribution in [-0.2, 0) is 0 Å². The van der Waals surface area contributed by atoms with E-state index in [9.17, 15) is 14.9 Å². The molecule has 1 heterocycles. The summed E-state index contributed by atoms with van der Waals surface area (Å²) in [7, 11) is 0. The molecule has 2 aromatic rings. The summed E-state index contributed by atoms with van der Waals surface area (Å²) in [6.45, 7) is 3.93. The van der Waals surface area contributed by atoms with E-state index in [1.807, 2.05) is 0 Å². The molecule has 0 bridgehead atoms. The average molecular weight is 351 g/mol. The number of hydrogen-bond acceptors (Lipinski definition) is 4. The zero-order valence-electron chi connectivity index (χ0n) is 10.8. The van der Waals surface area contributed by atoms with Crippen molar-refractivity contribution in [1.29, 1.82) is 0 Å². The first-order valence-electron chi connectivity index (χ1n) is 5.89. The van der Waals surface area contributed by atoms with Crippen molar-refractivity contribution in [2.75, 3.05) is 6.54 Å². The van der Waals surface area contributed by atoms with Gasteiger partial charge in [-0.05, 0) is 18.2 Å². The van der Waals surface area contributed by atoms with Crippen LogP contribution < -0.4 is 5.32 Å². The Bertz CT molecular complexity index is 694. The van der Waals surface area contributed by atoms with Gasteiger partial charge in [-0.15, -0.1) is 0 Å². The number of benzene rings is 1. The Hall–Kier alpha value is -2.48. The summed E-state index contributed by atoms with van der Waals surface area (Å²) in [6.07, 6.45) is 1.61. The summed E-state index contributed by atoms with van der Waals surface area (Å²) >= 11 is 3.15. The van der Waals surface area contributed by atoms with Gasteiger partial charge in [0, 0.05) is 29.4 Å². The smallest absolute Gasteiger partial charge is 0.272 e. The number of nitrogens with one attached hydrogen (secondary N) is 1. The number of carbonyl (C=O) groups excluding carboxylic acids is 1. The first-order valence-corrected chi connectivity index (χ1v) is 6.68. The lowest BCUT2D eigenvalue weighted by atomic mass is 10.3. The van der Waals surface area contributed by atoms with E-state index in [-0.39, 0.29) is 17.3 Å². The number of rotatable bonds is 5. The summed E-state index contributed by atoms with van der Waals surface area (Å²) in [5, 5.41) is 17.3. The van der Waals surface area contributed by atoms with Crippen molar-refractivity contribution in [1.82, 2.24) is 15.1 Å². The second-order valence-electron chi connectivity index (χ2n) is 4.12. The molecule has 1 amide bonds. The molecule has 1 N–H and O–H groups in total. The maximum atomic E-state index is 11.8. The van der Waals surface area contributed by atoms with Crippen molar-refractivity contribution in [3.63, 3.8) is 0 Å². The van der Waals surface area contributed by atoms with Gasteiger partial charge in [0.25, 0.3) is 11.6 Å². The van der Waals surface area contributed by atoms with Gasteiger partial charge in [0.05, 0.1) is 10.6 Å². The van der Waals surface area contributed by atoms with Crippen molar-refractivity contribution < 1.29 is 9.72 Å². The molecule has 0 aliphatic rings. The highest BCUT2D eigenvalue weighted by atomic mass is 79.9. The number of aromatic nitrogens is 2. The van der Waals surface area contributed by atoms with E-state index < -0.39 is 4.92 Å². The van der Waals surface area contributed by atoms with Gasteiger partial charge in [-0.25, -0.2) is 4.68 Å². The fraction of sp³-hybridized carbons (Fsp3) is 0.0769. The second-order valence-corrected chi connectivity index (χ2v) is 5.24. The van der Waals surface area contributed by atoms with Crippen molar-refractivity contribution in [2.24, 2.45) is 0 Å². The lowest BCUT2D eigenvalue weighted by Crippen LogP contribution is -2.24. The second kappa shape index (κ2) is 6.31. The number of halogens is 1. The topological polar surface area (TPSA) is 90.1 Å². The molecule has 0 atom stereocenters. The van der Waals surface area contributed by atoms with Crippen molar-refractivity contribution >= 4 is 27.5 Å². The Balaban J connectivity index is 2.13. The molecule has 0 saturated carbocycles. The van der Waals surface area contributed by atoms with Gasteiger partial charge < -0.3 is 5.32 Å². The zero-order chi connectivity index (χ0) is 15.4. The minimum atomic E-state index is -0.473. The highest BCUT2D eigenvalue weighted by Gasteiger charge is 2.11. The van der Waals surface area contributed by atoms with E-state index in [1.165, 1.54) is 16.8 Å². The molecule has 1 aromatic carbocycles. The van der Waals surface area contributed by atoms with Gasteiger partial charge in [0.2, 0.25) is 0 Å². The van der Waals surface area contributed by atoms with E-state index in [4.69, 9.17) is 0 Å². The van der Waals surface area contributed by atoms with E-state index in [0.717, 1.165) is 0 Å². The molecule has 8 heteroatoms. The number of carbonyl (C=O) groups is 1. The van der Waals surface area contributed by atoms with Crippen LogP contribution in [-0.4, -0.2) is 27.2 Å². The highest BCUT2D eigenvalue weighted by molar-refractivity contribution is 9.11. The molecule has 0 aliphatic carbocycles. The Morgan fingerprint density at radius 2 is 2.05 bits per heavy atom. The van der Waals surface area contributed by atoms with Gasteiger partial charge in [0.1, 0.15) is 0 Å². The number of nitro groups is 1. The largest absolute Gasteiger partial charge is 0.346 e. The standard InChI is InChI=1S/C13H11BrN4O3/c1-9(14)8-15-13(19)12-6-7-17(16-12)10-2-4-11(5-3-10)18(20)21/h2-7H,1,8H2,(H,15,19). The van der Waals surface area contributed by atoms with Crippen molar-refractivity contribution in [3.8, 4) is 5.69 Å². The third kappa shape index (κ3) is 3.76. The van der Waals surface area contributed by atoms with Crippen LogP contribution in [0.2, 0.25) is 0 Å². The molecule has 0 aliphatic heterocycles. The summed E-state index contributed by atoms with van der Waals surface area (Å²) in [5.74, 6) is -0.323. The van der Waals surface area contributed by atoms with Crippen LogP contribution >= 0.6 is 15.9 Å². The maximum absolute atomic E-state index is 11.8. The normalized spacial score (nSPS) is 10.1. The average Bonchev–Trinajstić information content (AvgIpc) is 2.94. The fourth-order valence-corrected chi connectivity index (χ4v) is 1.72. The molecular weight excluding hydrogens is 340 g/mol. The van der Waals surface area contributed by atoms with Crippen LogP contribution in [0.4, 0.5) is 5.69 Å². The van der Waals surface area contributed by atoms with Gasteiger partial charge in [-0.3, -0.25) is 14.9 Å². The molecule has 0 fully saturated rings. The van der Waals surface area contributed by atoms with E-state index in [1.54, 1.807) is 24.4 Å². The van der Waals surface area contributed by atoms with Crippen LogP contribution in [0.1, 0.15) is 10.5 Å². The van der Waals surface area contributed by atoms with E-state index in [0.29, 0.717) is 16.7 Å². The Morgan fingerprint density at radius 1 is 1.38 bits per heavy atom. The van der Waals surface area contributed by atoms with Crippen LogP contribution in [0.25, 0.3) is 5.69 Å². The summed E-state index contributed by atoms with van der Waals surface area (Å²) < 4.78 is 2.13. The molecule has 0 radical (unpaired) electrons. The van der Waals surface area contributed by atoms with E-state index in [2.05, 4.69) is 32.9 Å². The lowest BCUT2D eigenvalue weighted by Gasteiger charge is -2.02. The molecule has 7 nitrogen and oxygen atoms in total. The molecule has 0 saturated heterocycles. The van der Waals surface area contributed by atoms with Gasteiger partial charge >= 0.3 is 0 Å². The number of amides is 1. The minimum Gasteiger partial charge on any atom is -0.346 e. The molecular formula is C13H11BrN4O3. The first-order chi connectivity index (χ1) is 9.97. The van der Waals surface area contributed by atoms with Crippen LogP contribution in [0.3, 0.4) is 0 Å². The van der Waals surface area contributed by atoms with E-state index >= 15 is 0 Å². The van der Waals surface area contributed by atoms with Crippen molar-refractivity contribution in [2.45, 2.75) is 0 Å². The van der Waals surface area contributed by atoms with Crippen molar-refractivity contribution in [3.05, 3.63) is 63.4 Å².